The fourth-order valence-electron chi connectivity index (χ4n) is 2.87. The third-order valence-electron chi connectivity index (χ3n) is 4.24. The van der Waals surface area contributed by atoms with Crippen molar-refractivity contribution in [3.63, 3.8) is 0 Å². The number of benzene rings is 1. The molecule has 1 aliphatic rings. The molecule has 1 heterocycles. The van der Waals surface area contributed by atoms with Gasteiger partial charge >= 0.3 is 0 Å². The van der Waals surface area contributed by atoms with Gasteiger partial charge in [-0.1, -0.05) is 44.2 Å². The summed E-state index contributed by atoms with van der Waals surface area (Å²) in [5.41, 5.74) is 1.45. The second-order valence-electron chi connectivity index (χ2n) is 7.08. The highest BCUT2D eigenvalue weighted by atomic mass is 16.1. The molecule has 1 aromatic carbocycles. The van der Waals surface area contributed by atoms with Crippen molar-refractivity contribution in [2.75, 3.05) is 26.2 Å². The average molecular weight is 330 g/mol. The number of hydrogen-bond acceptors (Lipinski definition) is 2. The standard InChI is InChI=1S/C19H30N4O/c1-4-20-18(23-13-11-19(2,3)15-23)21-12-10-17(24)22-14-16-8-6-5-7-9-16/h5-9H,4,10-15H2,1-3H3,(H,20,21)(H,22,24). The lowest BCUT2D eigenvalue weighted by molar-refractivity contribution is -0.121. The van der Waals surface area contributed by atoms with E-state index in [1.165, 1.54) is 6.42 Å². The van der Waals surface area contributed by atoms with Gasteiger partial charge in [-0.15, -0.1) is 0 Å². The number of rotatable bonds is 6. The zero-order chi connectivity index (χ0) is 17.4. The molecule has 5 nitrogen and oxygen atoms in total. The van der Waals surface area contributed by atoms with Crippen LogP contribution in [0.2, 0.25) is 0 Å². The summed E-state index contributed by atoms with van der Waals surface area (Å²) in [6.07, 6.45) is 1.59. The van der Waals surface area contributed by atoms with Crippen LogP contribution in [0.25, 0.3) is 0 Å². The van der Waals surface area contributed by atoms with E-state index in [2.05, 4.69) is 41.3 Å². The molecule has 0 saturated carbocycles. The molecule has 0 atom stereocenters. The molecular formula is C19H30N4O. The summed E-state index contributed by atoms with van der Waals surface area (Å²) in [7, 11) is 0. The lowest BCUT2D eigenvalue weighted by atomic mass is 9.93. The number of hydrogen-bond donors (Lipinski definition) is 2. The van der Waals surface area contributed by atoms with Gasteiger partial charge in [0.1, 0.15) is 0 Å². The largest absolute Gasteiger partial charge is 0.357 e. The van der Waals surface area contributed by atoms with Crippen molar-refractivity contribution >= 4 is 11.9 Å². The maximum atomic E-state index is 12.0. The molecular weight excluding hydrogens is 300 g/mol. The lowest BCUT2D eigenvalue weighted by Gasteiger charge is -2.23. The molecule has 0 aliphatic carbocycles. The Balaban J connectivity index is 1.78. The second kappa shape index (κ2) is 8.71. The molecule has 1 amide bonds. The minimum Gasteiger partial charge on any atom is -0.357 e. The molecule has 1 saturated heterocycles. The number of amides is 1. The first-order chi connectivity index (χ1) is 11.5. The number of nitrogens with one attached hydrogen (secondary N) is 2. The van der Waals surface area contributed by atoms with Crippen molar-refractivity contribution < 1.29 is 4.79 Å². The van der Waals surface area contributed by atoms with Crippen LogP contribution < -0.4 is 10.6 Å². The number of aliphatic imine (C=N–C) groups is 1. The Morgan fingerprint density at radius 1 is 1.25 bits per heavy atom. The predicted molar refractivity (Wildman–Crippen MR) is 98.9 cm³/mol. The van der Waals surface area contributed by atoms with Gasteiger partial charge in [-0.05, 0) is 24.3 Å². The van der Waals surface area contributed by atoms with Gasteiger partial charge in [0.2, 0.25) is 5.91 Å². The Labute approximate surface area is 145 Å². The van der Waals surface area contributed by atoms with E-state index < -0.39 is 0 Å². The lowest BCUT2D eigenvalue weighted by Crippen LogP contribution is -2.41. The van der Waals surface area contributed by atoms with Gasteiger partial charge < -0.3 is 15.5 Å². The van der Waals surface area contributed by atoms with E-state index in [4.69, 9.17) is 0 Å². The summed E-state index contributed by atoms with van der Waals surface area (Å²) in [6.45, 7) is 10.6. The first kappa shape index (κ1) is 18.3. The van der Waals surface area contributed by atoms with E-state index in [0.29, 0.717) is 24.9 Å². The van der Waals surface area contributed by atoms with E-state index in [-0.39, 0.29) is 5.91 Å². The molecule has 1 aromatic rings. The summed E-state index contributed by atoms with van der Waals surface area (Å²) < 4.78 is 0. The van der Waals surface area contributed by atoms with Crippen LogP contribution in [0.15, 0.2) is 35.3 Å². The van der Waals surface area contributed by atoms with Gasteiger partial charge in [0.25, 0.3) is 0 Å². The summed E-state index contributed by atoms with van der Waals surface area (Å²) in [5, 5.41) is 6.28. The predicted octanol–water partition coefficient (Wildman–Crippen LogP) is 2.39. The van der Waals surface area contributed by atoms with Crippen molar-refractivity contribution in [2.45, 2.75) is 40.2 Å². The Morgan fingerprint density at radius 2 is 2.00 bits per heavy atom. The molecule has 0 bridgehead atoms. The second-order valence-corrected chi connectivity index (χ2v) is 7.08. The fourth-order valence-corrected chi connectivity index (χ4v) is 2.87. The van der Waals surface area contributed by atoms with Gasteiger partial charge in [0.15, 0.2) is 5.96 Å². The average Bonchev–Trinajstić information content (AvgIpc) is 2.93. The van der Waals surface area contributed by atoms with E-state index in [1.807, 2.05) is 30.3 Å². The van der Waals surface area contributed by atoms with Gasteiger partial charge in [-0.25, -0.2) is 0 Å². The molecule has 0 aromatic heterocycles. The maximum Gasteiger partial charge on any atom is 0.222 e. The minimum absolute atomic E-state index is 0.0419. The molecule has 5 heteroatoms. The zero-order valence-corrected chi connectivity index (χ0v) is 15.1. The Kier molecular flexibility index (Phi) is 6.64. The summed E-state index contributed by atoms with van der Waals surface area (Å²) in [6, 6.07) is 9.95. The molecule has 0 radical (unpaired) electrons. The number of likely N-dealkylation sites (tertiary alicyclic amines) is 1. The fraction of sp³-hybridized carbons (Fsp3) is 0.579. The molecule has 2 rings (SSSR count). The number of guanidine groups is 1. The third-order valence-corrected chi connectivity index (χ3v) is 4.24. The topological polar surface area (TPSA) is 56.7 Å². The van der Waals surface area contributed by atoms with Crippen molar-refractivity contribution in [1.82, 2.24) is 15.5 Å². The van der Waals surface area contributed by atoms with Crippen LogP contribution in [0, 0.1) is 5.41 Å². The SMILES string of the molecule is CCNC(=NCCC(=O)NCc1ccccc1)N1CCC(C)(C)C1. The van der Waals surface area contributed by atoms with Crippen LogP contribution >= 0.6 is 0 Å². The Bertz CT molecular complexity index is 554. The summed E-state index contributed by atoms with van der Waals surface area (Å²) in [5.74, 6) is 0.971. The van der Waals surface area contributed by atoms with E-state index >= 15 is 0 Å². The quantitative estimate of drug-likeness (QED) is 0.622. The highest BCUT2D eigenvalue weighted by Gasteiger charge is 2.30. The molecule has 0 spiro atoms. The smallest absolute Gasteiger partial charge is 0.222 e. The van der Waals surface area contributed by atoms with Crippen LogP contribution in [0.5, 0.6) is 0 Å². The third kappa shape index (κ3) is 5.87. The van der Waals surface area contributed by atoms with Crippen LogP contribution in [0.4, 0.5) is 0 Å². The molecule has 132 valence electrons. The zero-order valence-electron chi connectivity index (χ0n) is 15.1. The molecule has 0 unspecified atom stereocenters. The maximum absolute atomic E-state index is 12.0. The van der Waals surface area contributed by atoms with Crippen LogP contribution in [-0.2, 0) is 11.3 Å². The summed E-state index contributed by atoms with van der Waals surface area (Å²) in [4.78, 5) is 18.9. The van der Waals surface area contributed by atoms with Crippen molar-refractivity contribution in [3.05, 3.63) is 35.9 Å². The van der Waals surface area contributed by atoms with E-state index in [1.54, 1.807) is 0 Å². The summed E-state index contributed by atoms with van der Waals surface area (Å²) >= 11 is 0. The first-order valence-electron chi connectivity index (χ1n) is 8.84. The van der Waals surface area contributed by atoms with E-state index in [0.717, 1.165) is 31.2 Å². The van der Waals surface area contributed by atoms with Crippen molar-refractivity contribution in [1.29, 1.82) is 0 Å². The number of carbonyl (C=O) groups excluding carboxylic acids is 1. The highest BCUT2D eigenvalue weighted by molar-refractivity contribution is 5.81. The Morgan fingerprint density at radius 3 is 2.62 bits per heavy atom. The van der Waals surface area contributed by atoms with Crippen LogP contribution in [0.1, 0.15) is 39.2 Å². The van der Waals surface area contributed by atoms with Crippen molar-refractivity contribution in [2.24, 2.45) is 10.4 Å². The minimum atomic E-state index is 0.0419. The van der Waals surface area contributed by atoms with E-state index in [9.17, 15) is 4.79 Å². The van der Waals surface area contributed by atoms with Gasteiger partial charge in [0, 0.05) is 32.6 Å². The molecule has 1 fully saturated rings. The first-order valence-corrected chi connectivity index (χ1v) is 8.84. The number of carbonyl (C=O) groups is 1. The van der Waals surface area contributed by atoms with Gasteiger partial charge in [-0.3, -0.25) is 9.79 Å². The van der Waals surface area contributed by atoms with Gasteiger partial charge in [0.05, 0.1) is 6.54 Å². The normalized spacial score (nSPS) is 17.0. The van der Waals surface area contributed by atoms with Crippen molar-refractivity contribution in [3.8, 4) is 0 Å². The highest BCUT2D eigenvalue weighted by Crippen LogP contribution is 2.28. The van der Waals surface area contributed by atoms with Crippen LogP contribution in [0.3, 0.4) is 0 Å². The molecule has 2 N–H and O–H groups in total. The molecule has 24 heavy (non-hydrogen) atoms. The van der Waals surface area contributed by atoms with Crippen LogP contribution in [-0.4, -0.2) is 42.9 Å². The van der Waals surface area contributed by atoms with Gasteiger partial charge in [-0.2, -0.15) is 0 Å². The Hall–Kier alpha value is -2.04. The molecule has 1 aliphatic heterocycles. The monoisotopic (exact) mass is 330 g/mol. The number of nitrogens with zero attached hydrogens (tertiary/aromatic N) is 2.